The van der Waals surface area contributed by atoms with Gasteiger partial charge in [0.25, 0.3) is 0 Å². The molecule has 1 heterocycles. The van der Waals surface area contributed by atoms with Crippen LogP contribution in [0.25, 0.3) is 0 Å². The fraction of sp³-hybridized carbons (Fsp3) is 0.923. The predicted molar refractivity (Wildman–Crippen MR) is 81.9 cm³/mol. The molecule has 2 rings (SSSR count). The van der Waals surface area contributed by atoms with Crippen LogP contribution in [-0.2, 0) is 4.74 Å². The van der Waals surface area contributed by atoms with Gasteiger partial charge in [-0.3, -0.25) is 9.89 Å². The molecule has 0 spiro atoms. The Kier molecular flexibility index (Phi) is 6.26. The molecule has 1 saturated heterocycles. The average molecular weight is 286 g/mol. The van der Waals surface area contributed by atoms with Crippen LogP contribution in [0.3, 0.4) is 0 Å². The predicted octanol–water partition coefficient (Wildman–Crippen LogP) is 0.461. The van der Waals surface area contributed by atoms with Gasteiger partial charge in [0.2, 0.25) is 0 Å². The molecular formula is C13H26N4OS. The standard InChI is InChI=1S/C13H26N4OS/c1-18-9-6-16(12-2-3-12)5-4-15-13(14)17-7-10-19-11-8-17/h12H,2-11H2,1H3,(H2,14,15). The monoisotopic (exact) mass is 286 g/mol. The molecule has 0 amide bonds. The van der Waals surface area contributed by atoms with Crippen molar-refractivity contribution in [2.75, 3.05) is 57.9 Å². The molecule has 0 aromatic rings. The Morgan fingerprint density at radius 3 is 2.74 bits per heavy atom. The molecule has 2 N–H and O–H groups in total. The second-order valence-corrected chi connectivity index (χ2v) is 6.32. The quantitative estimate of drug-likeness (QED) is 0.544. The van der Waals surface area contributed by atoms with Crippen molar-refractivity contribution in [3.8, 4) is 0 Å². The minimum absolute atomic E-state index is 0.725. The number of nitrogens with zero attached hydrogens (tertiary/aromatic N) is 3. The third-order valence-corrected chi connectivity index (χ3v) is 4.58. The highest BCUT2D eigenvalue weighted by molar-refractivity contribution is 7.99. The lowest BCUT2D eigenvalue weighted by molar-refractivity contribution is 0.145. The van der Waals surface area contributed by atoms with E-state index < -0.39 is 0 Å². The second-order valence-electron chi connectivity index (χ2n) is 5.10. The molecule has 110 valence electrons. The first-order valence-electron chi connectivity index (χ1n) is 7.17. The molecule has 0 radical (unpaired) electrons. The molecule has 1 aliphatic heterocycles. The number of methoxy groups -OCH3 is 1. The zero-order valence-electron chi connectivity index (χ0n) is 11.9. The smallest absolute Gasteiger partial charge is 0.191 e. The molecule has 6 heteroatoms. The number of nitrogens with two attached hydrogens (primary N) is 1. The van der Waals surface area contributed by atoms with Crippen molar-refractivity contribution in [2.24, 2.45) is 10.7 Å². The van der Waals surface area contributed by atoms with Gasteiger partial charge >= 0.3 is 0 Å². The summed E-state index contributed by atoms with van der Waals surface area (Å²) in [5.74, 6) is 3.05. The Labute approximate surface area is 120 Å². The van der Waals surface area contributed by atoms with Gasteiger partial charge in [-0.15, -0.1) is 0 Å². The molecule has 1 saturated carbocycles. The van der Waals surface area contributed by atoms with Gasteiger partial charge in [0.1, 0.15) is 0 Å². The summed E-state index contributed by atoms with van der Waals surface area (Å²) < 4.78 is 5.16. The number of hydrogen-bond donors (Lipinski definition) is 1. The van der Waals surface area contributed by atoms with Crippen LogP contribution in [0.1, 0.15) is 12.8 Å². The molecule has 0 atom stereocenters. The van der Waals surface area contributed by atoms with E-state index in [-0.39, 0.29) is 0 Å². The zero-order chi connectivity index (χ0) is 13.5. The SMILES string of the molecule is COCCN(CCN=C(N)N1CCSCC1)C1CC1. The molecule has 0 bridgehead atoms. The Balaban J connectivity index is 1.70. The van der Waals surface area contributed by atoms with Gasteiger partial charge in [0, 0.05) is 50.8 Å². The molecule has 0 unspecified atom stereocenters. The van der Waals surface area contributed by atoms with Gasteiger partial charge in [0.15, 0.2) is 5.96 Å². The van der Waals surface area contributed by atoms with Crippen LogP contribution in [0.15, 0.2) is 4.99 Å². The van der Waals surface area contributed by atoms with Crippen molar-refractivity contribution in [2.45, 2.75) is 18.9 Å². The molecule has 0 aromatic heterocycles. The number of hydrogen-bond acceptors (Lipinski definition) is 4. The molecule has 5 nitrogen and oxygen atoms in total. The molecule has 2 fully saturated rings. The summed E-state index contributed by atoms with van der Waals surface area (Å²) in [6.07, 6.45) is 2.65. The van der Waals surface area contributed by atoms with Crippen LogP contribution >= 0.6 is 11.8 Å². The highest BCUT2D eigenvalue weighted by Crippen LogP contribution is 2.26. The first kappa shape index (κ1) is 14.9. The first-order chi connectivity index (χ1) is 9.31. The molecule has 1 aliphatic carbocycles. The van der Waals surface area contributed by atoms with E-state index >= 15 is 0 Å². The Bertz CT molecular complexity index is 290. The summed E-state index contributed by atoms with van der Waals surface area (Å²) in [6, 6.07) is 0.762. The molecule has 2 aliphatic rings. The Morgan fingerprint density at radius 2 is 2.11 bits per heavy atom. The van der Waals surface area contributed by atoms with Crippen molar-refractivity contribution in [1.82, 2.24) is 9.80 Å². The number of thioether (sulfide) groups is 1. The summed E-state index contributed by atoms with van der Waals surface area (Å²) in [4.78, 5) is 9.21. The van der Waals surface area contributed by atoms with Gasteiger partial charge in [-0.25, -0.2) is 0 Å². The Hall–Kier alpha value is -0.460. The minimum atomic E-state index is 0.725. The second kappa shape index (κ2) is 7.97. The van der Waals surface area contributed by atoms with Crippen LogP contribution in [0.5, 0.6) is 0 Å². The maximum absolute atomic E-state index is 6.05. The fourth-order valence-corrected chi connectivity index (χ4v) is 3.21. The summed E-state index contributed by atoms with van der Waals surface area (Å²) in [7, 11) is 1.76. The van der Waals surface area contributed by atoms with E-state index in [1.807, 2.05) is 11.8 Å². The summed E-state index contributed by atoms with van der Waals surface area (Å²) in [5.41, 5.74) is 6.05. The lowest BCUT2D eigenvalue weighted by atomic mass is 10.4. The van der Waals surface area contributed by atoms with Crippen LogP contribution in [0, 0.1) is 0 Å². The van der Waals surface area contributed by atoms with Crippen molar-refractivity contribution >= 4 is 17.7 Å². The normalized spacial score (nSPS) is 21.2. The fourth-order valence-electron chi connectivity index (χ4n) is 2.31. The van der Waals surface area contributed by atoms with Gasteiger partial charge in [-0.2, -0.15) is 11.8 Å². The first-order valence-corrected chi connectivity index (χ1v) is 8.32. The minimum Gasteiger partial charge on any atom is -0.383 e. The van der Waals surface area contributed by atoms with E-state index in [0.717, 1.165) is 62.8 Å². The highest BCUT2D eigenvalue weighted by atomic mass is 32.2. The van der Waals surface area contributed by atoms with Gasteiger partial charge in [0.05, 0.1) is 13.2 Å². The van der Waals surface area contributed by atoms with Crippen LogP contribution in [0.2, 0.25) is 0 Å². The van der Waals surface area contributed by atoms with E-state index in [2.05, 4.69) is 14.8 Å². The summed E-state index contributed by atoms with van der Waals surface area (Å²) in [6.45, 7) is 5.69. The lowest BCUT2D eigenvalue weighted by Crippen LogP contribution is -2.43. The van der Waals surface area contributed by atoms with Gasteiger partial charge in [-0.05, 0) is 12.8 Å². The van der Waals surface area contributed by atoms with Gasteiger partial charge < -0.3 is 15.4 Å². The van der Waals surface area contributed by atoms with E-state index in [1.165, 1.54) is 12.8 Å². The third kappa shape index (κ3) is 5.20. The van der Waals surface area contributed by atoms with E-state index in [1.54, 1.807) is 7.11 Å². The Morgan fingerprint density at radius 1 is 1.37 bits per heavy atom. The topological polar surface area (TPSA) is 54.1 Å². The summed E-state index contributed by atoms with van der Waals surface area (Å²) >= 11 is 1.99. The molecule has 0 aromatic carbocycles. The van der Waals surface area contributed by atoms with Gasteiger partial charge in [-0.1, -0.05) is 0 Å². The van der Waals surface area contributed by atoms with Crippen LogP contribution < -0.4 is 5.73 Å². The van der Waals surface area contributed by atoms with Crippen molar-refractivity contribution in [3.05, 3.63) is 0 Å². The van der Waals surface area contributed by atoms with Crippen molar-refractivity contribution in [1.29, 1.82) is 0 Å². The number of ether oxygens (including phenoxy) is 1. The lowest BCUT2D eigenvalue weighted by Gasteiger charge is -2.27. The summed E-state index contributed by atoms with van der Waals surface area (Å²) in [5, 5.41) is 0. The number of guanidine groups is 1. The van der Waals surface area contributed by atoms with Crippen LogP contribution in [-0.4, -0.2) is 79.7 Å². The number of aliphatic imine (C=N–C) groups is 1. The highest BCUT2D eigenvalue weighted by Gasteiger charge is 2.28. The van der Waals surface area contributed by atoms with Crippen molar-refractivity contribution < 1.29 is 4.74 Å². The van der Waals surface area contributed by atoms with E-state index in [4.69, 9.17) is 10.5 Å². The molecule has 19 heavy (non-hydrogen) atoms. The molecular weight excluding hydrogens is 260 g/mol. The largest absolute Gasteiger partial charge is 0.383 e. The van der Waals surface area contributed by atoms with Crippen LogP contribution in [0.4, 0.5) is 0 Å². The van der Waals surface area contributed by atoms with E-state index in [9.17, 15) is 0 Å². The maximum atomic E-state index is 6.05. The third-order valence-electron chi connectivity index (χ3n) is 3.64. The zero-order valence-corrected chi connectivity index (χ0v) is 12.7. The van der Waals surface area contributed by atoms with Crippen molar-refractivity contribution in [3.63, 3.8) is 0 Å². The van der Waals surface area contributed by atoms with E-state index in [0.29, 0.717) is 0 Å². The average Bonchev–Trinajstić information content (AvgIpc) is 3.28. The maximum Gasteiger partial charge on any atom is 0.191 e. The number of rotatable bonds is 7.